The van der Waals surface area contributed by atoms with Gasteiger partial charge in [0.15, 0.2) is 0 Å². The number of carbonyl (C=O) groups is 2. The molecule has 0 aromatic rings. The van der Waals surface area contributed by atoms with Gasteiger partial charge in [-0.05, 0) is 25.7 Å². The van der Waals surface area contributed by atoms with Gasteiger partial charge in [-0.25, -0.2) is 0 Å². The Bertz CT molecular complexity index is 269. The molecule has 0 bridgehead atoms. The van der Waals surface area contributed by atoms with Gasteiger partial charge in [-0.3, -0.25) is 9.59 Å². The van der Waals surface area contributed by atoms with E-state index in [4.69, 9.17) is 4.74 Å². The van der Waals surface area contributed by atoms with Crippen molar-refractivity contribution >= 4 is 11.9 Å². The van der Waals surface area contributed by atoms with E-state index in [1.54, 1.807) is 13.8 Å². The Kier molecular flexibility index (Phi) is 6.21. The molecule has 0 heterocycles. The van der Waals surface area contributed by atoms with E-state index < -0.39 is 23.8 Å². The highest BCUT2D eigenvalue weighted by molar-refractivity contribution is 5.81. The molecule has 0 spiro atoms. The summed E-state index contributed by atoms with van der Waals surface area (Å²) in [4.78, 5) is 23.2. The van der Waals surface area contributed by atoms with Crippen molar-refractivity contribution in [2.24, 2.45) is 23.7 Å². The van der Waals surface area contributed by atoms with Crippen molar-refractivity contribution in [1.29, 1.82) is 0 Å². The fourth-order valence-corrected chi connectivity index (χ4v) is 2.00. The first-order valence-corrected chi connectivity index (χ1v) is 6.11. The molecule has 0 saturated heterocycles. The number of carboxylic acid groups (broad SMARTS) is 1. The summed E-state index contributed by atoms with van der Waals surface area (Å²) in [5.74, 6) is -2.77. The Morgan fingerprint density at radius 1 is 0.882 bits per heavy atom. The van der Waals surface area contributed by atoms with Gasteiger partial charge in [-0.15, -0.1) is 0 Å². The maximum Gasteiger partial charge on any atom is 0.310 e. The van der Waals surface area contributed by atoms with Crippen LogP contribution in [0.25, 0.3) is 0 Å². The number of hydrogen-bond donors (Lipinski definition) is 1. The lowest BCUT2D eigenvalue weighted by molar-refractivity contribution is -0.164. The Hall–Kier alpha value is -1.06. The zero-order chi connectivity index (χ0) is 13.7. The molecule has 0 rings (SSSR count). The number of aliphatic carboxylic acids is 1. The third-order valence-electron chi connectivity index (χ3n) is 2.73. The van der Waals surface area contributed by atoms with Crippen molar-refractivity contribution in [2.45, 2.75) is 47.6 Å². The summed E-state index contributed by atoms with van der Waals surface area (Å²) in [7, 11) is 0. The van der Waals surface area contributed by atoms with E-state index in [1.807, 2.05) is 27.7 Å². The molecular formula is C13H24O4. The predicted molar refractivity (Wildman–Crippen MR) is 65.5 cm³/mol. The van der Waals surface area contributed by atoms with Gasteiger partial charge < -0.3 is 9.84 Å². The van der Waals surface area contributed by atoms with Crippen LogP contribution in [0, 0.1) is 23.7 Å². The zero-order valence-corrected chi connectivity index (χ0v) is 11.6. The average molecular weight is 244 g/mol. The Morgan fingerprint density at radius 2 is 1.29 bits per heavy atom. The van der Waals surface area contributed by atoms with E-state index in [0.29, 0.717) is 0 Å². The van der Waals surface area contributed by atoms with E-state index in [9.17, 15) is 14.7 Å². The van der Waals surface area contributed by atoms with Crippen LogP contribution in [0.3, 0.4) is 0 Å². The Morgan fingerprint density at radius 3 is 1.53 bits per heavy atom. The molecule has 0 radical (unpaired) electrons. The van der Waals surface area contributed by atoms with Gasteiger partial charge in [0, 0.05) is 0 Å². The Balaban J connectivity index is 5.06. The van der Waals surface area contributed by atoms with Crippen LogP contribution >= 0.6 is 0 Å². The van der Waals surface area contributed by atoms with Gasteiger partial charge in [0.25, 0.3) is 0 Å². The molecule has 0 aliphatic carbocycles. The van der Waals surface area contributed by atoms with E-state index in [0.717, 1.165) is 0 Å². The summed E-state index contributed by atoms with van der Waals surface area (Å²) in [6.07, 6.45) is -0.217. The van der Waals surface area contributed by atoms with Crippen LogP contribution in [-0.4, -0.2) is 23.1 Å². The molecule has 0 aromatic carbocycles. The van der Waals surface area contributed by atoms with Gasteiger partial charge in [0.05, 0.1) is 17.9 Å². The van der Waals surface area contributed by atoms with E-state index in [1.165, 1.54) is 0 Å². The van der Waals surface area contributed by atoms with E-state index in [-0.39, 0.29) is 17.9 Å². The third kappa shape index (κ3) is 4.75. The lowest BCUT2D eigenvalue weighted by atomic mass is 9.77. The quantitative estimate of drug-likeness (QED) is 0.729. The number of carbonyl (C=O) groups excluding carboxylic acids is 1. The van der Waals surface area contributed by atoms with Crippen molar-refractivity contribution in [3.8, 4) is 0 Å². The van der Waals surface area contributed by atoms with Crippen LogP contribution in [0.5, 0.6) is 0 Å². The standard InChI is InChI=1S/C13H24O4/c1-7(2)10(12(14)15)11(8(3)4)13(16)17-9(5)6/h7-11H,1-6H3,(H,14,15). The number of carboxylic acids is 1. The average Bonchev–Trinajstić information content (AvgIpc) is 2.10. The van der Waals surface area contributed by atoms with Gasteiger partial charge in [-0.1, -0.05) is 27.7 Å². The summed E-state index contributed by atoms with van der Waals surface area (Å²) in [6.45, 7) is 10.9. The highest BCUT2D eigenvalue weighted by Crippen LogP contribution is 2.29. The van der Waals surface area contributed by atoms with Crippen molar-refractivity contribution < 1.29 is 19.4 Å². The SMILES string of the molecule is CC(C)OC(=O)C(C(C)C)C(C(=O)O)C(C)C. The normalized spacial score (nSPS) is 15.1. The molecule has 4 nitrogen and oxygen atoms in total. The largest absolute Gasteiger partial charge is 0.481 e. The monoisotopic (exact) mass is 244 g/mol. The maximum atomic E-state index is 12.0. The summed E-state index contributed by atoms with van der Waals surface area (Å²) in [5.41, 5.74) is 0. The first-order valence-electron chi connectivity index (χ1n) is 6.11. The molecule has 2 atom stereocenters. The molecule has 0 aliphatic rings. The smallest absolute Gasteiger partial charge is 0.310 e. The van der Waals surface area contributed by atoms with Gasteiger partial charge in [0.2, 0.25) is 0 Å². The second-order valence-corrected chi connectivity index (χ2v) is 5.36. The molecule has 0 amide bonds. The summed E-state index contributed by atoms with van der Waals surface area (Å²) >= 11 is 0. The minimum atomic E-state index is -0.931. The highest BCUT2D eigenvalue weighted by Gasteiger charge is 2.39. The molecule has 100 valence electrons. The molecule has 17 heavy (non-hydrogen) atoms. The van der Waals surface area contributed by atoms with Crippen molar-refractivity contribution in [3.63, 3.8) is 0 Å². The lowest BCUT2D eigenvalue weighted by Crippen LogP contribution is -2.38. The minimum absolute atomic E-state index is 0.0512. The fraction of sp³-hybridized carbons (Fsp3) is 0.846. The number of ether oxygens (including phenoxy) is 1. The third-order valence-corrected chi connectivity index (χ3v) is 2.73. The first kappa shape index (κ1) is 15.9. The topological polar surface area (TPSA) is 63.6 Å². The number of esters is 1. The van der Waals surface area contributed by atoms with Crippen LogP contribution in [0.1, 0.15) is 41.5 Å². The molecule has 0 aromatic heterocycles. The summed E-state index contributed by atoms with van der Waals surface area (Å²) < 4.78 is 5.15. The van der Waals surface area contributed by atoms with Crippen LogP contribution < -0.4 is 0 Å². The van der Waals surface area contributed by atoms with Crippen LogP contribution in [0.4, 0.5) is 0 Å². The van der Waals surface area contributed by atoms with Crippen molar-refractivity contribution in [3.05, 3.63) is 0 Å². The zero-order valence-electron chi connectivity index (χ0n) is 11.6. The van der Waals surface area contributed by atoms with Crippen LogP contribution in [0.2, 0.25) is 0 Å². The summed E-state index contributed by atoms with van der Waals surface area (Å²) in [6, 6.07) is 0. The van der Waals surface area contributed by atoms with E-state index >= 15 is 0 Å². The van der Waals surface area contributed by atoms with Crippen LogP contribution in [-0.2, 0) is 14.3 Å². The molecular weight excluding hydrogens is 220 g/mol. The predicted octanol–water partition coefficient (Wildman–Crippen LogP) is 2.57. The van der Waals surface area contributed by atoms with Crippen molar-refractivity contribution in [1.82, 2.24) is 0 Å². The number of rotatable bonds is 6. The second-order valence-electron chi connectivity index (χ2n) is 5.36. The molecule has 0 aliphatic heterocycles. The number of hydrogen-bond acceptors (Lipinski definition) is 3. The van der Waals surface area contributed by atoms with Gasteiger partial charge in [-0.2, -0.15) is 0 Å². The van der Waals surface area contributed by atoms with E-state index in [2.05, 4.69) is 0 Å². The molecule has 0 saturated carbocycles. The lowest BCUT2D eigenvalue weighted by Gasteiger charge is -2.28. The first-order chi connectivity index (χ1) is 7.68. The molecule has 0 fully saturated rings. The molecule has 1 N–H and O–H groups in total. The maximum absolute atomic E-state index is 12.0. The van der Waals surface area contributed by atoms with Crippen molar-refractivity contribution in [2.75, 3.05) is 0 Å². The van der Waals surface area contributed by atoms with Gasteiger partial charge in [0.1, 0.15) is 0 Å². The fourth-order valence-electron chi connectivity index (χ4n) is 2.00. The highest BCUT2D eigenvalue weighted by atomic mass is 16.5. The van der Waals surface area contributed by atoms with Gasteiger partial charge >= 0.3 is 11.9 Å². The second kappa shape index (κ2) is 6.62. The Labute approximate surface area is 103 Å². The molecule has 4 heteroatoms. The summed E-state index contributed by atoms with van der Waals surface area (Å²) in [5, 5.41) is 9.24. The van der Waals surface area contributed by atoms with Crippen LogP contribution in [0.15, 0.2) is 0 Å². The molecule has 2 unspecified atom stereocenters. The minimum Gasteiger partial charge on any atom is -0.481 e.